The molecule has 3 aromatic heterocycles. The van der Waals surface area contributed by atoms with Crippen LogP contribution in [-0.2, 0) is 78.1 Å². The fraction of sp³-hybridized carbons (Fsp3) is 0.351. The number of amides is 6. The fourth-order valence-corrected chi connectivity index (χ4v) is 15.4. The minimum atomic E-state index is -0.792. The molecule has 28 heteroatoms. The number of carbonyl (C=O) groups is 5. The van der Waals surface area contributed by atoms with Crippen molar-refractivity contribution >= 4 is 108 Å². The van der Waals surface area contributed by atoms with E-state index in [0.717, 1.165) is 193 Å². The maximum atomic E-state index is 13.6. The number of fused-ring (bicyclic) bond motifs is 3. The van der Waals surface area contributed by atoms with Crippen LogP contribution < -0.4 is 41.8 Å². The summed E-state index contributed by atoms with van der Waals surface area (Å²) in [5.74, 6) is -1.95. The Bertz CT molecular complexity index is 5630. The highest BCUT2D eigenvalue weighted by Crippen LogP contribution is 2.42. The van der Waals surface area contributed by atoms with Crippen LogP contribution in [0.2, 0.25) is 0 Å². The van der Waals surface area contributed by atoms with Gasteiger partial charge in [-0.1, -0.05) is 151 Å². The van der Waals surface area contributed by atoms with E-state index in [2.05, 4.69) is 132 Å². The molecule has 16 rings (SSSR count). The molecule has 28 nitrogen and oxygen atoms in total. The van der Waals surface area contributed by atoms with Gasteiger partial charge in [0.05, 0.1) is 131 Å². The number of hydrogen-bond acceptors (Lipinski definition) is 22. The molecule has 0 unspecified atom stereocenters. The molecular formula is C97H111N15O13. The van der Waals surface area contributed by atoms with E-state index in [9.17, 15) is 28.8 Å². The van der Waals surface area contributed by atoms with Crippen molar-refractivity contribution in [2.45, 2.75) is 72.0 Å². The number of nitrogens with zero attached hydrogens (tertiary/aromatic N) is 9. The first kappa shape index (κ1) is 90.1. The molecule has 125 heavy (non-hydrogen) atoms. The summed E-state index contributed by atoms with van der Waals surface area (Å²) >= 11 is 0. The van der Waals surface area contributed by atoms with Crippen molar-refractivity contribution < 1.29 is 61.9 Å². The lowest BCUT2D eigenvalue weighted by molar-refractivity contribution is -0.145. The van der Waals surface area contributed by atoms with Crippen molar-refractivity contribution in [1.82, 2.24) is 39.5 Å². The number of anilines is 6. The van der Waals surface area contributed by atoms with E-state index in [4.69, 9.17) is 43.9 Å². The standard InChI is InChI=1S/C38H44N6O6.C21H19N3O2.C20H21N3O.C18H27N3O4/c1-38(2,3)26-21-32(40-35(45)36(46)44-15-19-50-20-16-44)34(48-4)33(22-26)42-37(47)41-31-12-11-28(29-7-5-6-8-30(29)31)25-9-10-27(39-23-25)24-43-13-17-49-18-14-43;25-15-23-21-8-7-18(19-3-1-2-4-20(19)21)16-5-6-17(22-13-16)14-24-9-11-26-12-10-24;21-20-8-7-17(18-3-1-2-4-19(18)20)15-5-6-16(22-13-15)14-23-9-11-24-12-10-23;1-18(2,3)12-10-13(19-4)15(24-5)14(11-12)20-16(22)17(23)21-6-8-25-9-7-21/h5-12,21-23H,13-20,24H2,1-4H3,(H,40,45)(H2,41,42,47);1-8,13H,9-12,14H2;1-8,13H,9-12,14,21H2;10-11,19H,6-9H2,1-5H3,(H,20,22). The van der Waals surface area contributed by atoms with E-state index in [-0.39, 0.29) is 22.3 Å². The maximum absolute atomic E-state index is 13.6. The van der Waals surface area contributed by atoms with E-state index < -0.39 is 29.7 Å². The average molecular weight is 1700 g/mol. The first-order chi connectivity index (χ1) is 60.5. The fourth-order valence-electron chi connectivity index (χ4n) is 15.4. The van der Waals surface area contributed by atoms with E-state index in [1.54, 1.807) is 19.2 Å². The Morgan fingerprint density at radius 2 is 0.744 bits per heavy atom. The smallest absolute Gasteiger partial charge is 0.323 e. The highest BCUT2D eigenvalue weighted by Gasteiger charge is 2.30. The van der Waals surface area contributed by atoms with Crippen molar-refractivity contribution in [3.63, 3.8) is 0 Å². The lowest BCUT2D eigenvalue weighted by Gasteiger charge is -2.27. The van der Waals surface area contributed by atoms with Gasteiger partial charge < -0.3 is 75.3 Å². The summed E-state index contributed by atoms with van der Waals surface area (Å²) in [5, 5.41) is 20.5. The summed E-state index contributed by atoms with van der Waals surface area (Å²) in [6, 6.07) is 55.4. The highest BCUT2D eigenvalue weighted by molar-refractivity contribution is 6.40. The summed E-state index contributed by atoms with van der Waals surface area (Å²) in [4.78, 5) is 103. The molecule has 6 amide bonds. The van der Waals surface area contributed by atoms with Crippen LogP contribution in [0, 0.1) is 0 Å². The molecule has 652 valence electrons. The summed E-state index contributed by atoms with van der Waals surface area (Å²) in [7, 11) is 4.77. The number of isocyanates is 1. The molecule has 0 atom stereocenters. The number of nitrogens with two attached hydrogens (primary N) is 1. The minimum Gasteiger partial charge on any atom is -0.492 e. The first-order valence-corrected chi connectivity index (χ1v) is 42.3. The zero-order valence-electron chi connectivity index (χ0n) is 72.6. The number of urea groups is 1. The third kappa shape index (κ3) is 23.5. The predicted octanol–water partition coefficient (Wildman–Crippen LogP) is 14.3. The van der Waals surface area contributed by atoms with Crippen LogP contribution in [0.25, 0.3) is 65.7 Å². The Balaban J connectivity index is 0.000000152. The number of nitrogen functional groups attached to an aromatic ring is 1. The van der Waals surface area contributed by atoms with Gasteiger partial charge in [-0.2, -0.15) is 4.99 Å². The van der Waals surface area contributed by atoms with Crippen LogP contribution in [-0.4, -0.2) is 228 Å². The van der Waals surface area contributed by atoms with Crippen LogP contribution in [0.15, 0.2) is 193 Å². The second-order valence-corrected chi connectivity index (χ2v) is 32.9. The number of hydrogen-bond donors (Lipinski definition) is 6. The van der Waals surface area contributed by atoms with Gasteiger partial charge in [0.1, 0.15) is 0 Å². The van der Waals surface area contributed by atoms with Gasteiger partial charge in [-0.15, -0.1) is 0 Å². The summed E-state index contributed by atoms with van der Waals surface area (Å²) in [5.41, 5.74) is 21.0. The lowest BCUT2D eigenvalue weighted by Crippen LogP contribution is -2.45. The Hall–Kier alpha value is -12.6. The number of morpholine rings is 5. The summed E-state index contributed by atoms with van der Waals surface area (Å²) in [6.45, 7) is 28.4. The number of carbonyl (C=O) groups excluding carboxylic acids is 6. The Labute approximate surface area is 729 Å². The number of benzene rings is 8. The minimum absolute atomic E-state index is 0.119. The van der Waals surface area contributed by atoms with E-state index >= 15 is 0 Å². The van der Waals surface area contributed by atoms with Crippen molar-refractivity contribution in [3.8, 4) is 44.9 Å². The Kier molecular flexibility index (Phi) is 30.8. The number of aliphatic imine (C=N–C) groups is 1. The largest absolute Gasteiger partial charge is 0.492 e. The highest BCUT2D eigenvalue weighted by atomic mass is 16.5. The van der Waals surface area contributed by atoms with Crippen LogP contribution in [0.1, 0.15) is 69.8 Å². The molecule has 0 aliphatic carbocycles. The maximum Gasteiger partial charge on any atom is 0.323 e. The number of pyridine rings is 3. The monoisotopic (exact) mass is 1690 g/mol. The SMILES string of the molecule is CNc1cc(C(C)(C)C)cc(NC(=O)C(=O)N2CCOCC2)c1OC.COc1c(NC(=O)Nc2ccc(-c3ccc(CN4CCOCC4)nc3)c3ccccc23)cc(C(C)(C)C)cc1NC(=O)C(=O)N1CCOCC1.Nc1ccc(-c2ccc(CN3CCOCC3)nc2)c2ccccc12.O=C=Nc1ccc(-c2ccc(CN3CCOCC3)nc2)c2ccccc12. The van der Waals surface area contributed by atoms with Gasteiger partial charge in [0.2, 0.25) is 6.08 Å². The molecule has 0 bridgehead atoms. The van der Waals surface area contributed by atoms with E-state index in [0.29, 0.717) is 81.1 Å². The number of ether oxygens (including phenoxy) is 7. The van der Waals surface area contributed by atoms with Gasteiger partial charge in [-0.05, 0) is 115 Å². The van der Waals surface area contributed by atoms with Crippen LogP contribution in [0.4, 0.5) is 44.6 Å². The average Bonchev–Trinajstić information content (AvgIpc) is 0.811. The molecule has 5 saturated heterocycles. The Morgan fingerprint density at radius 1 is 0.408 bits per heavy atom. The van der Waals surface area contributed by atoms with Crippen LogP contribution in [0.5, 0.6) is 11.5 Å². The molecule has 0 saturated carbocycles. The molecule has 0 radical (unpaired) electrons. The number of nitrogens with one attached hydrogen (secondary N) is 5. The molecule has 8 heterocycles. The number of aromatic nitrogens is 3. The van der Waals surface area contributed by atoms with Gasteiger partial charge in [0, 0.05) is 149 Å². The Morgan fingerprint density at radius 3 is 1.13 bits per heavy atom. The summed E-state index contributed by atoms with van der Waals surface area (Å²) in [6.07, 6.45) is 7.41. The van der Waals surface area contributed by atoms with Gasteiger partial charge in [0.25, 0.3) is 0 Å². The van der Waals surface area contributed by atoms with Gasteiger partial charge in [-0.3, -0.25) is 48.8 Å². The van der Waals surface area contributed by atoms with Crippen molar-refractivity contribution in [1.29, 1.82) is 0 Å². The van der Waals surface area contributed by atoms with Crippen molar-refractivity contribution in [2.75, 3.05) is 185 Å². The zero-order valence-corrected chi connectivity index (χ0v) is 72.6. The lowest BCUT2D eigenvalue weighted by atomic mass is 9.86. The quantitative estimate of drug-likeness (QED) is 0.0213. The van der Waals surface area contributed by atoms with Gasteiger partial charge >= 0.3 is 29.7 Å². The third-order valence-electron chi connectivity index (χ3n) is 22.4. The molecule has 5 aliphatic heterocycles. The number of rotatable bonds is 17. The second kappa shape index (κ2) is 42.7. The molecular weight excluding hydrogens is 1580 g/mol. The first-order valence-electron chi connectivity index (χ1n) is 42.3. The molecule has 5 aliphatic rings. The molecule has 7 N–H and O–H groups in total. The van der Waals surface area contributed by atoms with Gasteiger partial charge in [-0.25, -0.2) is 9.59 Å². The van der Waals surface area contributed by atoms with E-state index in [1.165, 1.54) is 35.0 Å². The second-order valence-electron chi connectivity index (χ2n) is 32.9. The topological polar surface area (TPSA) is 320 Å². The van der Waals surface area contributed by atoms with E-state index in [1.807, 2.05) is 149 Å². The van der Waals surface area contributed by atoms with Crippen LogP contribution in [0.3, 0.4) is 0 Å². The van der Waals surface area contributed by atoms with Gasteiger partial charge in [0.15, 0.2) is 11.5 Å². The molecule has 11 aromatic rings. The van der Waals surface area contributed by atoms with Crippen LogP contribution >= 0.6 is 0 Å². The third-order valence-corrected chi connectivity index (χ3v) is 22.4. The molecule has 5 fully saturated rings. The number of methoxy groups -OCH3 is 2. The normalized spacial score (nSPS) is 15.2. The molecule has 8 aromatic carbocycles. The van der Waals surface area contributed by atoms with Crippen molar-refractivity contribution in [3.05, 3.63) is 217 Å². The molecule has 0 spiro atoms. The van der Waals surface area contributed by atoms with Crippen molar-refractivity contribution in [2.24, 2.45) is 4.99 Å². The summed E-state index contributed by atoms with van der Waals surface area (Å²) < 4.78 is 37.9. The zero-order chi connectivity index (χ0) is 88.0. The predicted molar refractivity (Wildman–Crippen MR) is 490 cm³/mol.